The number of hydrogen-bond donors (Lipinski definition) is 2. The van der Waals surface area contributed by atoms with Gasteiger partial charge in [-0.15, -0.1) is 0 Å². The summed E-state index contributed by atoms with van der Waals surface area (Å²) < 4.78 is 27.8. The molecule has 1 atom stereocenters. The van der Waals surface area contributed by atoms with Crippen LogP contribution in [0.2, 0.25) is 0 Å². The molecule has 9 heteroatoms. The Morgan fingerprint density at radius 1 is 1.27 bits per heavy atom. The van der Waals surface area contributed by atoms with Crippen LogP contribution in [0.3, 0.4) is 0 Å². The number of fused-ring (bicyclic) bond motifs is 1. The zero-order valence-electron chi connectivity index (χ0n) is 14.5. The molecule has 0 saturated carbocycles. The maximum atomic E-state index is 13.1. The molecular weight excluding hydrogens is 354 g/mol. The first-order chi connectivity index (χ1) is 12.5. The zero-order valence-corrected chi connectivity index (χ0v) is 15.3. The quantitative estimate of drug-likeness (QED) is 0.808. The molecule has 26 heavy (non-hydrogen) atoms. The molecular formula is C17H21N5O3S. The Labute approximate surface area is 152 Å². The van der Waals surface area contributed by atoms with Gasteiger partial charge in [-0.2, -0.15) is 4.31 Å². The number of nitrogens with zero attached hydrogens (tertiary/aromatic N) is 3. The van der Waals surface area contributed by atoms with Gasteiger partial charge in [0.05, 0.1) is 10.9 Å². The van der Waals surface area contributed by atoms with Crippen molar-refractivity contribution in [1.29, 1.82) is 0 Å². The fourth-order valence-electron chi connectivity index (χ4n) is 3.52. The SMILES string of the molecule is CN1CCN(S(=O)(=O)c2ccc3c(c2)C(=O)NCC3)C[C@H]1c1ncc[nH]1. The average Bonchev–Trinajstić information content (AvgIpc) is 3.16. The molecule has 1 saturated heterocycles. The maximum Gasteiger partial charge on any atom is 0.251 e. The van der Waals surface area contributed by atoms with Crippen LogP contribution in [-0.4, -0.2) is 66.7 Å². The molecule has 1 amide bonds. The van der Waals surface area contributed by atoms with Gasteiger partial charge < -0.3 is 10.3 Å². The van der Waals surface area contributed by atoms with Crippen LogP contribution >= 0.6 is 0 Å². The molecule has 0 bridgehead atoms. The first-order valence-corrected chi connectivity index (χ1v) is 10.0. The number of aromatic nitrogens is 2. The predicted molar refractivity (Wildman–Crippen MR) is 95.2 cm³/mol. The molecule has 2 aromatic rings. The summed E-state index contributed by atoms with van der Waals surface area (Å²) >= 11 is 0. The number of hydrogen-bond acceptors (Lipinski definition) is 5. The number of likely N-dealkylation sites (N-methyl/N-ethyl adjacent to an activating group) is 1. The van der Waals surface area contributed by atoms with Crippen molar-refractivity contribution in [2.24, 2.45) is 0 Å². The Balaban J connectivity index is 1.64. The van der Waals surface area contributed by atoms with Crippen LogP contribution in [0.5, 0.6) is 0 Å². The molecule has 0 aliphatic carbocycles. The highest BCUT2D eigenvalue weighted by Gasteiger charge is 2.35. The van der Waals surface area contributed by atoms with E-state index in [0.29, 0.717) is 31.7 Å². The van der Waals surface area contributed by atoms with E-state index in [4.69, 9.17) is 0 Å². The van der Waals surface area contributed by atoms with Gasteiger partial charge >= 0.3 is 0 Å². The number of amides is 1. The number of piperazine rings is 1. The van der Waals surface area contributed by atoms with Crippen LogP contribution in [0.1, 0.15) is 27.8 Å². The molecule has 1 fully saturated rings. The Bertz CT molecular complexity index is 926. The van der Waals surface area contributed by atoms with Gasteiger partial charge in [0, 0.05) is 44.1 Å². The van der Waals surface area contributed by atoms with Gasteiger partial charge in [-0.25, -0.2) is 13.4 Å². The van der Waals surface area contributed by atoms with E-state index in [2.05, 4.69) is 20.2 Å². The number of benzene rings is 1. The highest BCUT2D eigenvalue weighted by atomic mass is 32.2. The van der Waals surface area contributed by atoms with E-state index in [0.717, 1.165) is 17.8 Å². The van der Waals surface area contributed by atoms with Gasteiger partial charge in [0.2, 0.25) is 10.0 Å². The number of H-pyrrole nitrogens is 1. The van der Waals surface area contributed by atoms with Gasteiger partial charge in [-0.3, -0.25) is 9.69 Å². The Morgan fingerprint density at radius 3 is 2.88 bits per heavy atom. The Morgan fingerprint density at radius 2 is 2.12 bits per heavy atom. The van der Waals surface area contributed by atoms with Crippen molar-refractivity contribution in [3.8, 4) is 0 Å². The van der Waals surface area contributed by atoms with Crippen molar-refractivity contribution in [2.45, 2.75) is 17.4 Å². The minimum atomic E-state index is -3.68. The van der Waals surface area contributed by atoms with E-state index in [1.165, 1.54) is 10.4 Å². The van der Waals surface area contributed by atoms with Crippen LogP contribution in [-0.2, 0) is 16.4 Å². The summed E-state index contributed by atoms with van der Waals surface area (Å²) in [6, 6.07) is 4.72. The highest BCUT2D eigenvalue weighted by molar-refractivity contribution is 7.89. The predicted octanol–water partition coefficient (Wildman–Crippen LogP) is 0.373. The van der Waals surface area contributed by atoms with Crippen LogP contribution in [0.25, 0.3) is 0 Å². The molecule has 1 aromatic carbocycles. The van der Waals surface area contributed by atoms with Crippen molar-refractivity contribution in [2.75, 3.05) is 33.2 Å². The van der Waals surface area contributed by atoms with Gasteiger partial charge in [0.15, 0.2) is 0 Å². The summed E-state index contributed by atoms with van der Waals surface area (Å²) in [5, 5.41) is 2.76. The summed E-state index contributed by atoms with van der Waals surface area (Å²) in [4.78, 5) is 21.6. The monoisotopic (exact) mass is 375 g/mol. The summed E-state index contributed by atoms with van der Waals surface area (Å²) in [6.07, 6.45) is 4.12. The standard InChI is InChI=1S/C17H21N5O3S/c1-21-8-9-22(11-15(21)16-18-6-7-19-16)26(24,25)13-3-2-12-4-5-20-17(23)14(12)10-13/h2-3,6-7,10,15H,4-5,8-9,11H2,1H3,(H,18,19)(H,20,23)/t15-/m0/s1. The second kappa shape index (κ2) is 6.49. The first kappa shape index (κ1) is 17.2. The third kappa shape index (κ3) is 2.91. The first-order valence-electron chi connectivity index (χ1n) is 8.57. The normalized spacial score (nSPS) is 22.0. The maximum absolute atomic E-state index is 13.1. The number of imidazole rings is 1. The Kier molecular flexibility index (Phi) is 4.29. The van der Waals surface area contributed by atoms with Crippen molar-refractivity contribution < 1.29 is 13.2 Å². The molecule has 138 valence electrons. The lowest BCUT2D eigenvalue weighted by molar-refractivity contribution is 0.0945. The third-order valence-corrected chi connectivity index (χ3v) is 6.95. The smallest absolute Gasteiger partial charge is 0.251 e. The second-order valence-electron chi connectivity index (χ2n) is 6.66. The molecule has 8 nitrogen and oxygen atoms in total. The number of rotatable bonds is 3. The van der Waals surface area contributed by atoms with E-state index in [-0.39, 0.29) is 16.8 Å². The average molecular weight is 375 g/mol. The largest absolute Gasteiger partial charge is 0.352 e. The summed E-state index contributed by atoms with van der Waals surface area (Å²) in [6.45, 7) is 1.91. The van der Waals surface area contributed by atoms with Gasteiger partial charge in [0.25, 0.3) is 5.91 Å². The zero-order chi connectivity index (χ0) is 18.3. The number of carbonyl (C=O) groups is 1. The highest BCUT2D eigenvalue weighted by Crippen LogP contribution is 2.27. The lowest BCUT2D eigenvalue weighted by atomic mass is 10.0. The lowest BCUT2D eigenvalue weighted by Gasteiger charge is -2.37. The topological polar surface area (TPSA) is 98.4 Å². The van der Waals surface area contributed by atoms with Gasteiger partial charge in [0.1, 0.15) is 5.82 Å². The van der Waals surface area contributed by atoms with Gasteiger partial charge in [-0.05, 0) is 31.2 Å². The van der Waals surface area contributed by atoms with E-state index in [1.807, 2.05) is 7.05 Å². The number of carbonyl (C=O) groups excluding carboxylic acids is 1. The minimum Gasteiger partial charge on any atom is -0.352 e. The van der Waals surface area contributed by atoms with Crippen LogP contribution in [0.4, 0.5) is 0 Å². The minimum absolute atomic E-state index is 0.130. The van der Waals surface area contributed by atoms with Crippen molar-refractivity contribution >= 4 is 15.9 Å². The van der Waals surface area contributed by atoms with E-state index in [9.17, 15) is 13.2 Å². The molecule has 0 unspecified atom stereocenters. The molecule has 2 N–H and O–H groups in total. The van der Waals surface area contributed by atoms with Crippen LogP contribution in [0.15, 0.2) is 35.5 Å². The molecule has 1 aromatic heterocycles. The van der Waals surface area contributed by atoms with Crippen molar-refractivity contribution in [3.63, 3.8) is 0 Å². The molecule has 3 heterocycles. The van der Waals surface area contributed by atoms with Crippen LogP contribution in [0, 0.1) is 0 Å². The molecule has 2 aliphatic heterocycles. The fourth-order valence-corrected chi connectivity index (χ4v) is 4.99. The van der Waals surface area contributed by atoms with Crippen molar-refractivity contribution in [1.82, 2.24) is 24.5 Å². The number of sulfonamides is 1. The van der Waals surface area contributed by atoms with E-state index in [1.54, 1.807) is 24.5 Å². The molecule has 4 rings (SSSR count). The summed E-state index contributed by atoms with van der Waals surface area (Å²) in [5.41, 5.74) is 1.34. The summed E-state index contributed by atoms with van der Waals surface area (Å²) in [7, 11) is -1.72. The number of nitrogens with one attached hydrogen (secondary N) is 2. The summed E-state index contributed by atoms with van der Waals surface area (Å²) in [5.74, 6) is 0.535. The Hall–Kier alpha value is -2.23. The second-order valence-corrected chi connectivity index (χ2v) is 8.60. The van der Waals surface area contributed by atoms with Crippen molar-refractivity contribution in [3.05, 3.63) is 47.5 Å². The molecule has 2 aliphatic rings. The van der Waals surface area contributed by atoms with Crippen LogP contribution < -0.4 is 5.32 Å². The van der Waals surface area contributed by atoms with E-state index < -0.39 is 10.0 Å². The van der Waals surface area contributed by atoms with E-state index >= 15 is 0 Å². The fraction of sp³-hybridized carbons (Fsp3) is 0.412. The lowest BCUT2D eigenvalue weighted by Crippen LogP contribution is -2.49. The molecule has 0 spiro atoms. The third-order valence-electron chi connectivity index (χ3n) is 5.09. The molecule has 0 radical (unpaired) electrons. The van der Waals surface area contributed by atoms with Gasteiger partial charge in [-0.1, -0.05) is 6.07 Å². The number of aromatic amines is 1.